The van der Waals surface area contributed by atoms with Crippen LogP contribution < -0.4 is 0 Å². The lowest BCUT2D eigenvalue weighted by atomic mass is 9.97. The molecule has 0 atom stereocenters. The SMILES string of the molecule is c1ccc2c(c1)=c1c(n(-c3ccc4c(ccc5c6ccccc6ccc45)c3)c3ccccc13)=c1ccccc1=c1c=2n(-c2ccc3c(ccc4c5ccccc5ccc34)c2)c2ccccc12. The van der Waals surface area contributed by atoms with Crippen molar-refractivity contribution < 1.29 is 0 Å². The fraction of sp³-hybridized carbons (Fsp3) is 0. The molecule has 0 fully saturated rings. The molecule has 12 aromatic carbocycles. The number of benzene rings is 12. The molecule has 66 heavy (non-hydrogen) atoms. The molecule has 15 rings (SSSR count). The van der Waals surface area contributed by atoms with Crippen molar-refractivity contribution >= 4 is 86.4 Å². The van der Waals surface area contributed by atoms with Crippen molar-refractivity contribution in [3.63, 3.8) is 0 Å². The highest BCUT2D eigenvalue weighted by Crippen LogP contribution is 2.37. The van der Waals surface area contributed by atoms with Crippen LogP contribution in [0.4, 0.5) is 0 Å². The van der Waals surface area contributed by atoms with Crippen LogP contribution in [0.3, 0.4) is 0 Å². The third kappa shape index (κ3) is 4.85. The zero-order valence-corrected chi connectivity index (χ0v) is 35.8. The summed E-state index contributed by atoms with van der Waals surface area (Å²) in [5.41, 5.74) is 4.67. The quantitative estimate of drug-likeness (QED) is 0.154. The van der Waals surface area contributed by atoms with Crippen molar-refractivity contribution in [2.45, 2.75) is 0 Å². The van der Waals surface area contributed by atoms with Gasteiger partial charge in [0.1, 0.15) is 0 Å². The lowest BCUT2D eigenvalue weighted by molar-refractivity contribution is 1.04. The van der Waals surface area contributed by atoms with Gasteiger partial charge in [-0.2, -0.15) is 0 Å². The Balaban J connectivity index is 1.11. The van der Waals surface area contributed by atoms with E-state index in [1.807, 2.05) is 0 Å². The Morgan fingerprint density at radius 3 is 0.970 bits per heavy atom. The van der Waals surface area contributed by atoms with E-state index < -0.39 is 0 Å². The van der Waals surface area contributed by atoms with Crippen LogP contribution in [0.25, 0.3) is 97.8 Å². The van der Waals surface area contributed by atoms with Crippen LogP contribution in [0.1, 0.15) is 0 Å². The Labute approximate surface area is 377 Å². The second-order valence-corrected chi connectivity index (χ2v) is 17.9. The third-order valence-corrected chi connectivity index (χ3v) is 14.6. The van der Waals surface area contributed by atoms with Crippen molar-refractivity contribution in [2.24, 2.45) is 0 Å². The molecule has 0 saturated heterocycles. The molecule has 1 aliphatic rings. The normalized spacial score (nSPS) is 12.2. The van der Waals surface area contributed by atoms with Gasteiger partial charge in [0, 0.05) is 43.0 Å². The number of para-hydroxylation sites is 2. The Morgan fingerprint density at radius 2 is 0.530 bits per heavy atom. The Morgan fingerprint density at radius 1 is 0.212 bits per heavy atom. The van der Waals surface area contributed by atoms with Crippen LogP contribution >= 0.6 is 0 Å². The highest BCUT2D eigenvalue weighted by molar-refractivity contribution is 6.18. The van der Waals surface area contributed by atoms with Crippen LogP contribution in [0.5, 0.6) is 0 Å². The summed E-state index contributed by atoms with van der Waals surface area (Å²) in [6.07, 6.45) is 0. The van der Waals surface area contributed by atoms with Gasteiger partial charge in [0.05, 0.1) is 21.7 Å². The number of aromatic nitrogens is 2. The van der Waals surface area contributed by atoms with Gasteiger partial charge in [-0.05, 0) is 111 Å². The predicted molar refractivity (Wildman–Crippen MR) is 275 cm³/mol. The van der Waals surface area contributed by atoms with Gasteiger partial charge in [-0.15, -0.1) is 0 Å². The van der Waals surface area contributed by atoms with E-state index in [1.54, 1.807) is 0 Å². The van der Waals surface area contributed by atoms with E-state index >= 15 is 0 Å². The monoisotopic (exact) mass is 834 g/mol. The van der Waals surface area contributed by atoms with E-state index in [2.05, 4.69) is 240 Å². The second kappa shape index (κ2) is 13.4. The Bertz CT molecular complexity index is 4570. The van der Waals surface area contributed by atoms with Crippen LogP contribution in [0, 0.1) is 42.0 Å². The summed E-state index contributed by atoms with van der Waals surface area (Å²) in [6.45, 7) is 0. The van der Waals surface area contributed by atoms with E-state index in [0.29, 0.717) is 0 Å². The molecule has 0 amide bonds. The first kappa shape index (κ1) is 35.7. The fourth-order valence-electron chi connectivity index (χ4n) is 11.8. The van der Waals surface area contributed by atoms with E-state index in [1.165, 1.54) is 128 Å². The van der Waals surface area contributed by atoms with Crippen molar-refractivity contribution in [3.05, 3.63) is 273 Å². The first-order valence-corrected chi connectivity index (χ1v) is 22.9. The summed E-state index contributed by atoms with van der Waals surface area (Å²) in [7, 11) is 0. The van der Waals surface area contributed by atoms with E-state index in [-0.39, 0.29) is 0 Å². The molecule has 0 saturated carbocycles. The minimum Gasteiger partial charge on any atom is -0.309 e. The zero-order valence-electron chi connectivity index (χ0n) is 35.8. The number of nitrogens with zero attached hydrogens (tertiary/aromatic N) is 2. The molecule has 14 aromatic rings. The van der Waals surface area contributed by atoms with Gasteiger partial charge in [-0.25, -0.2) is 0 Å². The highest BCUT2D eigenvalue weighted by atomic mass is 15.0. The molecule has 1 aliphatic carbocycles. The smallest absolute Gasteiger partial charge is 0.0625 e. The van der Waals surface area contributed by atoms with Crippen molar-refractivity contribution in [2.75, 3.05) is 0 Å². The molecule has 0 aliphatic heterocycles. The summed E-state index contributed by atoms with van der Waals surface area (Å²) in [5.74, 6) is 0. The van der Waals surface area contributed by atoms with E-state index in [4.69, 9.17) is 0 Å². The average molecular weight is 835 g/mol. The number of rotatable bonds is 2. The number of fused-ring (bicyclic) bond motifs is 18. The number of hydrogen-bond donors (Lipinski definition) is 0. The fourth-order valence-corrected chi connectivity index (χ4v) is 11.8. The van der Waals surface area contributed by atoms with Crippen LogP contribution in [-0.2, 0) is 0 Å². The molecule has 0 unspecified atom stereocenters. The predicted octanol–water partition coefficient (Wildman–Crippen LogP) is 16.0. The topological polar surface area (TPSA) is 9.86 Å². The maximum Gasteiger partial charge on any atom is 0.0625 e. The first-order valence-electron chi connectivity index (χ1n) is 22.9. The first-order chi connectivity index (χ1) is 32.8. The van der Waals surface area contributed by atoms with Crippen LogP contribution in [-0.4, -0.2) is 9.13 Å². The lowest BCUT2D eigenvalue weighted by Crippen LogP contribution is -1.99. The maximum atomic E-state index is 2.53. The van der Waals surface area contributed by atoms with Gasteiger partial charge in [0.2, 0.25) is 0 Å². The van der Waals surface area contributed by atoms with E-state index in [9.17, 15) is 0 Å². The summed E-state index contributed by atoms with van der Waals surface area (Å²) in [5, 5.41) is 27.5. The Kier molecular flexibility index (Phi) is 7.25. The van der Waals surface area contributed by atoms with Crippen molar-refractivity contribution in [1.82, 2.24) is 9.13 Å². The van der Waals surface area contributed by atoms with Crippen LogP contribution in [0.2, 0.25) is 0 Å². The largest absolute Gasteiger partial charge is 0.309 e. The third-order valence-electron chi connectivity index (χ3n) is 14.6. The highest BCUT2D eigenvalue weighted by Gasteiger charge is 2.18. The summed E-state index contributed by atoms with van der Waals surface area (Å²) in [6, 6.07) is 86.1. The molecule has 2 aromatic heterocycles. The summed E-state index contributed by atoms with van der Waals surface area (Å²) < 4.78 is 5.07. The Hall–Kier alpha value is -8.72. The van der Waals surface area contributed by atoms with Crippen LogP contribution in [0.15, 0.2) is 231 Å². The molecule has 0 bridgehead atoms. The van der Waals surface area contributed by atoms with E-state index in [0.717, 1.165) is 11.4 Å². The lowest BCUT2D eigenvalue weighted by Gasteiger charge is -2.12. The van der Waals surface area contributed by atoms with Crippen molar-refractivity contribution in [3.8, 4) is 11.4 Å². The van der Waals surface area contributed by atoms with Gasteiger partial charge in [-0.1, -0.05) is 194 Å². The van der Waals surface area contributed by atoms with Gasteiger partial charge in [0.25, 0.3) is 0 Å². The van der Waals surface area contributed by atoms with Gasteiger partial charge in [0.15, 0.2) is 0 Å². The maximum absolute atomic E-state index is 2.53. The second-order valence-electron chi connectivity index (χ2n) is 17.9. The summed E-state index contributed by atoms with van der Waals surface area (Å²) >= 11 is 0. The molecule has 2 heterocycles. The van der Waals surface area contributed by atoms with Gasteiger partial charge >= 0.3 is 0 Å². The molecule has 0 radical (unpaired) electrons. The van der Waals surface area contributed by atoms with Gasteiger partial charge < -0.3 is 9.13 Å². The molecule has 2 nitrogen and oxygen atoms in total. The molecule has 2 heteroatoms. The van der Waals surface area contributed by atoms with Crippen molar-refractivity contribution in [1.29, 1.82) is 0 Å². The molecule has 0 spiro atoms. The molecule has 304 valence electrons. The minimum absolute atomic E-state index is 1.15. The van der Waals surface area contributed by atoms with Gasteiger partial charge in [-0.3, -0.25) is 0 Å². The summed E-state index contributed by atoms with van der Waals surface area (Å²) in [4.78, 5) is 0. The molecular formula is C64H38N2. The zero-order chi connectivity index (χ0) is 43.0. The molecular weight excluding hydrogens is 797 g/mol. The minimum atomic E-state index is 1.15. The average Bonchev–Trinajstić information content (AvgIpc) is 3.91. The number of hydrogen-bond acceptors (Lipinski definition) is 0. The standard InChI is InChI=1S/C64H38N2/c1-3-15-45-39(13-1)25-31-51-47-35-29-43(37-41(47)27-33-49(45)51)65-59-23-11-9-21-57(59)61-54-18-6-8-20-56(54)64-62(53-17-5-7-19-55(53)63(61)65)58-22-10-12-24-60(58)66(64)44-30-36-48-42(38-44)28-34-50-46-16-4-2-14-40(46)26-32-52(48)50/h1-38H. The molecule has 0 N–H and O–H groups in total.